The molecule has 0 atom stereocenters. The second-order valence-electron chi connectivity index (χ2n) is 3.28. The van der Waals surface area contributed by atoms with E-state index < -0.39 is 0 Å². The van der Waals surface area contributed by atoms with E-state index in [1.165, 1.54) is 0 Å². The number of hydrogen-bond donors (Lipinski definition) is 1. The summed E-state index contributed by atoms with van der Waals surface area (Å²) in [4.78, 5) is 11.4. The second-order valence-corrected chi connectivity index (χ2v) is 3.72. The van der Waals surface area contributed by atoms with Gasteiger partial charge < -0.3 is 0 Å². The molecule has 0 saturated carbocycles. The molecule has 0 aliphatic heterocycles. The second kappa shape index (κ2) is 4.44. The summed E-state index contributed by atoms with van der Waals surface area (Å²) in [6.45, 7) is 3.45. The summed E-state index contributed by atoms with van der Waals surface area (Å²) >= 11 is 5.67. The molecule has 0 saturated heterocycles. The quantitative estimate of drug-likeness (QED) is 0.606. The fraction of sp³-hybridized carbons (Fsp3) is 0.300. The molecule has 0 bridgehead atoms. The maximum absolute atomic E-state index is 11.4. The Morgan fingerprint density at radius 1 is 1.36 bits per heavy atom. The van der Waals surface area contributed by atoms with Crippen LogP contribution in [0.5, 0.6) is 0 Å². The van der Waals surface area contributed by atoms with E-state index in [9.17, 15) is 10.0 Å². The van der Waals surface area contributed by atoms with Crippen molar-refractivity contribution in [3.8, 4) is 0 Å². The molecule has 1 amide bonds. The van der Waals surface area contributed by atoms with Crippen molar-refractivity contribution in [1.29, 1.82) is 0 Å². The van der Waals surface area contributed by atoms with E-state index in [0.29, 0.717) is 15.8 Å². The standard InChI is InChI=1S/C10H12ClNO2/c1-7(2)10(13)12(14)9-5-3-8(11)4-6-9/h3-7,14H,1-2H3. The van der Waals surface area contributed by atoms with Gasteiger partial charge in [-0.1, -0.05) is 25.4 Å². The van der Waals surface area contributed by atoms with E-state index in [2.05, 4.69) is 0 Å². The molecule has 0 spiro atoms. The first-order chi connectivity index (χ1) is 6.52. The topological polar surface area (TPSA) is 40.5 Å². The zero-order chi connectivity index (χ0) is 10.7. The van der Waals surface area contributed by atoms with E-state index in [4.69, 9.17) is 11.6 Å². The van der Waals surface area contributed by atoms with Gasteiger partial charge in [-0.25, -0.2) is 0 Å². The molecule has 76 valence electrons. The van der Waals surface area contributed by atoms with Crippen molar-refractivity contribution in [3.05, 3.63) is 29.3 Å². The van der Waals surface area contributed by atoms with Crippen molar-refractivity contribution in [2.75, 3.05) is 5.06 Å². The fourth-order valence-electron chi connectivity index (χ4n) is 0.954. The number of hydrogen-bond acceptors (Lipinski definition) is 2. The van der Waals surface area contributed by atoms with Crippen LogP contribution in [0.1, 0.15) is 13.8 Å². The normalized spacial score (nSPS) is 10.4. The first-order valence-electron chi connectivity index (χ1n) is 4.31. The third kappa shape index (κ3) is 2.47. The lowest BCUT2D eigenvalue weighted by atomic mass is 10.2. The third-order valence-electron chi connectivity index (χ3n) is 1.77. The van der Waals surface area contributed by atoms with E-state index in [0.717, 1.165) is 0 Å². The van der Waals surface area contributed by atoms with Gasteiger partial charge in [0.25, 0.3) is 5.91 Å². The summed E-state index contributed by atoms with van der Waals surface area (Å²) in [5, 5.41) is 10.7. The first kappa shape index (κ1) is 11.0. The Hall–Kier alpha value is -1.06. The Labute approximate surface area is 87.9 Å². The van der Waals surface area contributed by atoms with E-state index >= 15 is 0 Å². The highest BCUT2D eigenvalue weighted by atomic mass is 35.5. The molecule has 0 radical (unpaired) electrons. The van der Waals surface area contributed by atoms with Crippen LogP contribution in [0, 0.1) is 5.92 Å². The number of nitrogens with zero attached hydrogens (tertiary/aromatic N) is 1. The van der Waals surface area contributed by atoms with Crippen molar-refractivity contribution in [2.24, 2.45) is 5.92 Å². The van der Waals surface area contributed by atoms with Crippen molar-refractivity contribution in [2.45, 2.75) is 13.8 Å². The Morgan fingerprint density at radius 2 is 1.86 bits per heavy atom. The highest BCUT2D eigenvalue weighted by Crippen LogP contribution is 2.17. The van der Waals surface area contributed by atoms with Gasteiger partial charge in [-0.3, -0.25) is 10.0 Å². The summed E-state index contributed by atoms with van der Waals surface area (Å²) in [7, 11) is 0. The number of amides is 1. The summed E-state index contributed by atoms with van der Waals surface area (Å²) in [6.07, 6.45) is 0. The monoisotopic (exact) mass is 213 g/mol. The number of carbonyl (C=O) groups excluding carboxylic acids is 1. The predicted octanol–water partition coefficient (Wildman–Crippen LogP) is 2.72. The van der Waals surface area contributed by atoms with E-state index in [1.807, 2.05) is 0 Å². The highest BCUT2D eigenvalue weighted by Gasteiger charge is 2.16. The van der Waals surface area contributed by atoms with Crippen LogP contribution in [0.15, 0.2) is 24.3 Å². The average molecular weight is 214 g/mol. The number of halogens is 1. The van der Waals surface area contributed by atoms with Crippen molar-refractivity contribution >= 4 is 23.2 Å². The Balaban J connectivity index is 2.84. The van der Waals surface area contributed by atoms with Crippen molar-refractivity contribution in [3.63, 3.8) is 0 Å². The van der Waals surface area contributed by atoms with Gasteiger partial charge in [0.15, 0.2) is 0 Å². The zero-order valence-corrected chi connectivity index (χ0v) is 8.82. The van der Waals surface area contributed by atoms with Gasteiger partial charge in [-0.2, -0.15) is 5.06 Å². The van der Waals surface area contributed by atoms with Crippen LogP contribution in [-0.4, -0.2) is 11.1 Å². The lowest BCUT2D eigenvalue weighted by Crippen LogP contribution is -2.30. The van der Waals surface area contributed by atoms with Gasteiger partial charge in [-0.05, 0) is 24.3 Å². The van der Waals surface area contributed by atoms with Crippen LogP contribution in [-0.2, 0) is 4.79 Å². The van der Waals surface area contributed by atoms with Crippen LogP contribution in [0.3, 0.4) is 0 Å². The molecule has 0 heterocycles. The van der Waals surface area contributed by atoms with Crippen molar-refractivity contribution in [1.82, 2.24) is 0 Å². The molecule has 1 aromatic rings. The molecule has 0 aliphatic carbocycles. The molecule has 0 unspecified atom stereocenters. The van der Waals surface area contributed by atoms with Crippen LogP contribution in [0.4, 0.5) is 5.69 Å². The summed E-state index contributed by atoms with van der Waals surface area (Å²) in [6, 6.07) is 6.41. The molecule has 1 rings (SSSR count). The van der Waals surface area contributed by atoms with Gasteiger partial charge in [-0.15, -0.1) is 0 Å². The maximum Gasteiger partial charge on any atom is 0.253 e. The minimum atomic E-state index is -0.340. The molecular weight excluding hydrogens is 202 g/mol. The Kier molecular flexibility index (Phi) is 3.49. The van der Waals surface area contributed by atoms with Crippen LogP contribution in [0.25, 0.3) is 0 Å². The number of benzene rings is 1. The van der Waals surface area contributed by atoms with E-state index in [1.54, 1.807) is 38.1 Å². The van der Waals surface area contributed by atoms with Gasteiger partial charge in [0.1, 0.15) is 0 Å². The average Bonchev–Trinajstić information content (AvgIpc) is 2.16. The zero-order valence-electron chi connectivity index (χ0n) is 8.07. The number of anilines is 1. The number of hydroxylamine groups is 1. The van der Waals surface area contributed by atoms with Crippen LogP contribution in [0.2, 0.25) is 5.02 Å². The molecule has 1 N–H and O–H groups in total. The number of carbonyl (C=O) groups is 1. The smallest absolute Gasteiger partial charge is 0.253 e. The Bertz CT molecular complexity index is 321. The Morgan fingerprint density at radius 3 is 2.29 bits per heavy atom. The first-order valence-corrected chi connectivity index (χ1v) is 4.68. The molecule has 0 fully saturated rings. The summed E-state index contributed by atoms with van der Waals surface area (Å²) in [5.41, 5.74) is 0.424. The molecule has 1 aromatic carbocycles. The highest BCUT2D eigenvalue weighted by molar-refractivity contribution is 6.30. The summed E-state index contributed by atoms with van der Waals surface area (Å²) < 4.78 is 0. The minimum absolute atomic E-state index is 0.240. The maximum atomic E-state index is 11.4. The largest absolute Gasteiger partial charge is 0.281 e. The van der Waals surface area contributed by atoms with Gasteiger partial charge in [0.05, 0.1) is 5.69 Å². The van der Waals surface area contributed by atoms with Crippen LogP contribution < -0.4 is 5.06 Å². The molecule has 14 heavy (non-hydrogen) atoms. The number of rotatable bonds is 2. The van der Waals surface area contributed by atoms with Gasteiger partial charge in [0.2, 0.25) is 0 Å². The molecule has 3 nitrogen and oxygen atoms in total. The molecule has 0 aliphatic rings. The van der Waals surface area contributed by atoms with E-state index in [-0.39, 0.29) is 11.8 Å². The fourth-order valence-corrected chi connectivity index (χ4v) is 1.08. The SMILES string of the molecule is CC(C)C(=O)N(O)c1ccc(Cl)cc1. The molecule has 0 aromatic heterocycles. The lowest BCUT2D eigenvalue weighted by Gasteiger charge is -2.16. The summed E-state index contributed by atoms with van der Waals surface area (Å²) in [5.74, 6) is -0.581. The molecule has 4 heteroatoms. The van der Waals surface area contributed by atoms with Gasteiger partial charge in [0, 0.05) is 10.9 Å². The molecular formula is C10H12ClNO2. The van der Waals surface area contributed by atoms with Crippen molar-refractivity contribution < 1.29 is 10.0 Å². The van der Waals surface area contributed by atoms with Crippen LogP contribution >= 0.6 is 11.6 Å². The predicted molar refractivity (Wildman–Crippen MR) is 55.6 cm³/mol. The third-order valence-corrected chi connectivity index (χ3v) is 2.03. The lowest BCUT2D eigenvalue weighted by molar-refractivity contribution is -0.126. The van der Waals surface area contributed by atoms with Gasteiger partial charge >= 0.3 is 0 Å². The minimum Gasteiger partial charge on any atom is -0.281 e.